The minimum absolute atomic E-state index is 0.543. The Kier molecular flexibility index (Phi) is 5.43. The lowest BCUT2D eigenvalue weighted by Crippen LogP contribution is -2.18. The van der Waals surface area contributed by atoms with Crippen LogP contribution in [0.3, 0.4) is 0 Å². The Morgan fingerprint density at radius 2 is 2.12 bits per heavy atom. The molecule has 0 bridgehead atoms. The summed E-state index contributed by atoms with van der Waals surface area (Å²) in [5.74, 6) is 0. The van der Waals surface area contributed by atoms with Gasteiger partial charge in [0.2, 0.25) is 0 Å². The maximum Gasteiger partial charge on any atom is 0.0238 e. The second kappa shape index (κ2) is 5.32. The molecule has 0 saturated heterocycles. The molecule has 1 nitrogen and oxygen atoms in total. The summed E-state index contributed by atoms with van der Waals surface area (Å²) < 4.78 is 0. The van der Waals surface area contributed by atoms with Crippen LogP contribution in [0, 0.1) is 0 Å². The van der Waals surface area contributed by atoms with Crippen molar-refractivity contribution in [3.05, 3.63) is 0 Å². The van der Waals surface area contributed by atoms with Crippen molar-refractivity contribution in [2.45, 2.75) is 38.3 Å². The number of unbranched alkanes of at least 4 members (excludes halogenated alkanes) is 2. The molecule has 0 spiro atoms. The molecule has 0 fully saturated rings. The van der Waals surface area contributed by atoms with E-state index in [1.807, 2.05) is 0 Å². The Labute approximate surface area is 55.1 Å². The van der Waals surface area contributed by atoms with Gasteiger partial charge in [0, 0.05) is 10.2 Å². The summed E-state index contributed by atoms with van der Waals surface area (Å²) in [5.41, 5.74) is 6.14. The molecule has 0 aliphatic heterocycles. The summed E-state index contributed by atoms with van der Waals surface area (Å²) in [7, 11) is 1.16. The van der Waals surface area contributed by atoms with Gasteiger partial charge in [-0.05, 0) is 12.1 Å². The fourth-order valence-electron chi connectivity index (χ4n) is 0.716. The smallest absolute Gasteiger partial charge is 0.0238 e. The number of rotatable bonds is 4. The van der Waals surface area contributed by atoms with E-state index in [0.29, 0.717) is 5.67 Å². The largest absolute Gasteiger partial charge is 0.331 e. The monoisotopic (exact) mass is 131 g/mol. The maximum atomic E-state index is 5.59. The lowest BCUT2D eigenvalue weighted by Gasteiger charge is -2.01. The van der Waals surface area contributed by atoms with Crippen LogP contribution in [0.2, 0.25) is 0 Å². The van der Waals surface area contributed by atoms with Gasteiger partial charge in [-0.3, -0.25) is 0 Å². The minimum Gasteiger partial charge on any atom is -0.331 e. The highest BCUT2D eigenvalue weighted by atomic mass is 28.1. The van der Waals surface area contributed by atoms with E-state index >= 15 is 0 Å². The Morgan fingerprint density at radius 3 is 2.50 bits per heavy atom. The van der Waals surface area contributed by atoms with E-state index in [1.54, 1.807) is 0 Å². The maximum absolute atomic E-state index is 5.59. The molecule has 0 heterocycles. The second-order valence-corrected chi connectivity index (χ2v) is 3.96. The summed E-state index contributed by atoms with van der Waals surface area (Å²) in [5, 5.41) is 0. The summed E-state index contributed by atoms with van der Waals surface area (Å²) in [4.78, 5) is 0. The third-order valence-electron chi connectivity index (χ3n) is 1.26. The number of nitrogens with two attached hydrogens (primary N) is 1. The van der Waals surface area contributed by atoms with Crippen molar-refractivity contribution in [3.63, 3.8) is 0 Å². The highest BCUT2D eigenvalue weighted by Crippen LogP contribution is 1.98. The molecule has 1 atom stereocenters. The van der Waals surface area contributed by atoms with Gasteiger partial charge in [0.1, 0.15) is 0 Å². The molecule has 0 aromatic carbocycles. The lowest BCUT2D eigenvalue weighted by atomic mass is 10.2. The van der Waals surface area contributed by atoms with Gasteiger partial charge in [0.25, 0.3) is 0 Å². The van der Waals surface area contributed by atoms with E-state index in [-0.39, 0.29) is 0 Å². The molecule has 1 unspecified atom stereocenters. The van der Waals surface area contributed by atoms with Gasteiger partial charge in [0.15, 0.2) is 0 Å². The van der Waals surface area contributed by atoms with E-state index in [9.17, 15) is 0 Å². The van der Waals surface area contributed by atoms with Crippen LogP contribution in [0.15, 0.2) is 0 Å². The Balaban J connectivity index is 2.72. The zero-order valence-corrected chi connectivity index (χ0v) is 7.98. The standard InChI is InChI=1S/C6H17NSi/c1-2-3-4-5-6(7)8/h6H,2-5,7H2,1,8H3. The fraction of sp³-hybridized carbons (Fsp3) is 1.00. The van der Waals surface area contributed by atoms with Crippen molar-refractivity contribution < 1.29 is 0 Å². The van der Waals surface area contributed by atoms with E-state index in [1.165, 1.54) is 25.7 Å². The number of hydrogen-bond acceptors (Lipinski definition) is 1. The van der Waals surface area contributed by atoms with Crippen LogP contribution >= 0.6 is 0 Å². The van der Waals surface area contributed by atoms with Crippen molar-refractivity contribution in [3.8, 4) is 0 Å². The van der Waals surface area contributed by atoms with Crippen LogP contribution in [-0.4, -0.2) is 15.9 Å². The zero-order chi connectivity index (χ0) is 6.41. The third kappa shape index (κ3) is 6.18. The van der Waals surface area contributed by atoms with Crippen molar-refractivity contribution in [1.82, 2.24) is 0 Å². The molecule has 0 aliphatic carbocycles. The molecule has 0 saturated carbocycles. The van der Waals surface area contributed by atoms with Crippen LogP contribution in [0.4, 0.5) is 0 Å². The average Bonchev–Trinajstić information content (AvgIpc) is 1.66. The SMILES string of the molecule is CCCCCC(N)[SiH3]. The van der Waals surface area contributed by atoms with Crippen LogP contribution < -0.4 is 5.73 Å². The molecule has 2 heteroatoms. The molecule has 50 valence electrons. The number of hydrogen-bond donors (Lipinski definition) is 1. The molecule has 2 N–H and O–H groups in total. The summed E-state index contributed by atoms with van der Waals surface area (Å²) in [6, 6.07) is 0. The van der Waals surface area contributed by atoms with E-state index < -0.39 is 0 Å². The molecular formula is C6H17NSi. The van der Waals surface area contributed by atoms with Crippen LogP contribution in [0.25, 0.3) is 0 Å². The molecule has 0 amide bonds. The highest BCUT2D eigenvalue weighted by Gasteiger charge is 1.90. The van der Waals surface area contributed by atoms with Gasteiger partial charge < -0.3 is 5.73 Å². The first-order valence-corrected chi connectivity index (χ1v) is 4.68. The molecular weight excluding hydrogens is 114 g/mol. The molecule has 0 radical (unpaired) electrons. The zero-order valence-electron chi connectivity index (χ0n) is 5.98. The Hall–Kier alpha value is 0.177. The Bertz CT molecular complexity index is 45.8. The van der Waals surface area contributed by atoms with Crippen LogP contribution in [-0.2, 0) is 0 Å². The van der Waals surface area contributed by atoms with Crippen molar-refractivity contribution in [2.75, 3.05) is 0 Å². The van der Waals surface area contributed by atoms with Crippen molar-refractivity contribution in [2.24, 2.45) is 5.73 Å². The molecule has 0 rings (SSSR count). The lowest BCUT2D eigenvalue weighted by molar-refractivity contribution is 0.650. The third-order valence-corrected chi connectivity index (χ3v) is 1.84. The Morgan fingerprint density at radius 1 is 1.50 bits per heavy atom. The minimum atomic E-state index is 0.543. The molecule has 8 heavy (non-hydrogen) atoms. The van der Waals surface area contributed by atoms with Crippen molar-refractivity contribution in [1.29, 1.82) is 0 Å². The van der Waals surface area contributed by atoms with Gasteiger partial charge in [-0.25, -0.2) is 0 Å². The predicted molar refractivity (Wildman–Crippen MR) is 42.1 cm³/mol. The van der Waals surface area contributed by atoms with E-state index in [2.05, 4.69) is 6.92 Å². The second-order valence-electron chi connectivity index (χ2n) is 2.47. The predicted octanol–water partition coefficient (Wildman–Crippen LogP) is 0.217. The average molecular weight is 131 g/mol. The topological polar surface area (TPSA) is 26.0 Å². The van der Waals surface area contributed by atoms with Crippen LogP contribution in [0.5, 0.6) is 0 Å². The van der Waals surface area contributed by atoms with Gasteiger partial charge in [-0.15, -0.1) is 0 Å². The quantitative estimate of drug-likeness (QED) is 0.428. The molecule has 0 aromatic rings. The normalized spacial score (nSPS) is 14.2. The summed E-state index contributed by atoms with van der Waals surface area (Å²) >= 11 is 0. The first kappa shape index (κ1) is 8.18. The first-order chi connectivity index (χ1) is 3.77. The fourth-order valence-corrected chi connectivity index (χ4v) is 1.12. The highest BCUT2D eigenvalue weighted by molar-refractivity contribution is 6.11. The summed E-state index contributed by atoms with van der Waals surface area (Å²) in [6.45, 7) is 2.22. The van der Waals surface area contributed by atoms with Gasteiger partial charge >= 0.3 is 0 Å². The van der Waals surface area contributed by atoms with Crippen LogP contribution in [0.1, 0.15) is 32.6 Å². The first-order valence-electron chi connectivity index (χ1n) is 3.53. The van der Waals surface area contributed by atoms with Gasteiger partial charge in [-0.1, -0.05) is 26.2 Å². The molecule has 0 aliphatic rings. The van der Waals surface area contributed by atoms with Gasteiger partial charge in [0.05, 0.1) is 0 Å². The summed E-state index contributed by atoms with van der Waals surface area (Å²) in [6.07, 6.45) is 5.26. The van der Waals surface area contributed by atoms with Gasteiger partial charge in [-0.2, -0.15) is 0 Å². The van der Waals surface area contributed by atoms with E-state index in [0.717, 1.165) is 10.2 Å². The molecule has 0 aromatic heterocycles. The van der Waals surface area contributed by atoms with E-state index in [4.69, 9.17) is 5.73 Å². The van der Waals surface area contributed by atoms with Crippen molar-refractivity contribution >= 4 is 10.2 Å².